The first kappa shape index (κ1) is 17.3. The van der Waals surface area contributed by atoms with Crippen LogP contribution in [0, 0.1) is 0 Å². The molecular formula is C17H17NO6S. The molecule has 1 aliphatic rings. The number of esters is 2. The number of hydrogen-bond acceptors (Lipinski definition) is 7. The molecule has 0 atom stereocenters. The van der Waals surface area contributed by atoms with Crippen molar-refractivity contribution in [2.75, 3.05) is 25.4 Å². The first-order valence-corrected chi connectivity index (χ1v) is 8.83. The molecule has 0 N–H and O–H groups in total. The molecule has 0 radical (unpaired) electrons. The van der Waals surface area contributed by atoms with Gasteiger partial charge in [-0.15, -0.1) is 0 Å². The maximum absolute atomic E-state index is 12.1. The van der Waals surface area contributed by atoms with E-state index >= 15 is 0 Å². The van der Waals surface area contributed by atoms with E-state index in [4.69, 9.17) is 13.9 Å². The smallest absolute Gasteiger partial charge is 0.374 e. The summed E-state index contributed by atoms with van der Waals surface area (Å²) in [6, 6.07) is 7.10. The largest absolute Gasteiger partial charge is 0.460 e. The minimum Gasteiger partial charge on any atom is -0.460 e. The Labute approximate surface area is 148 Å². The molecule has 2 heterocycles. The molecule has 1 fully saturated rings. The van der Waals surface area contributed by atoms with Crippen LogP contribution in [0.3, 0.4) is 0 Å². The Morgan fingerprint density at radius 2 is 2.08 bits per heavy atom. The molecule has 1 aromatic heterocycles. The van der Waals surface area contributed by atoms with Gasteiger partial charge in [-0.3, -0.25) is 9.59 Å². The second kappa shape index (κ2) is 7.60. The van der Waals surface area contributed by atoms with Crippen LogP contribution in [0.1, 0.15) is 23.0 Å². The normalized spacial score (nSPS) is 14.1. The van der Waals surface area contributed by atoms with Gasteiger partial charge >= 0.3 is 11.9 Å². The molecule has 1 saturated heterocycles. The van der Waals surface area contributed by atoms with Gasteiger partial charge in [0.15, 0.2) is 0 Å². The molecule has 1 aliphatic heterocycles. The molecule has 0 unspecified atom stereocenters. The lowest BCUT2D eigenvalue weighted by atomic mass is 10.1. The molecule has 25 heavy (non-hydrogen) atoms. The van der Waals surface area contributed by atoms with Crippen LogP contribution in [0.5, 0.6) is 0 Å². The molecule has 7 nitrogen and oxygen atoms in total. The number of thioether (sulfide) groups is 1. The predicted molar refractivity (Wildman–Crippen MR) is 91.4 cm³/mol. The van der Waals surface area contributed by atoms with E-state index in [0.717, 1.165) is 0 Å². The number of carbonyl (C=O) groups is 3. The first-order valence-electron chi connectivity index (χ1n) is 7.85. The number of amides is 1. The van der Waals surface area contributed by atoms with Crippen LogP contribution in [-0.2, 0) is 20.9 Å². The van der Waals surface area contributed by atoms with Crippen molar-refractivity contribution in [2.45, 2.75) is 13.5 Å². The van der Waals surface area contributed by atoms with Crippen molar-refractivity contribution in [3.63, 3.8) is 0 Å². The van der Waals surface area contributed by atoms with Crippen molar-refractivity contribution >= 4 is 39.9 Å². The van der Waals surface area contributed by atoms with Gasteiger partial charge in [0.25, 0.3) is 5.24 Å². The molecule has 3 rings (SSSR count). The number of nitrogens with zero attached hydrogens (tertiary/aromatic N) is 1. The molecule has 2 aromatic rings. The minimum atomic E-state index is -0.601. The topological polar surface area (TPSA) is 86.1 Å². The summed E-state index contributed by atoms with van der Waals surface area (Å²) < 4.78 is 15.8. The summed E-state index contributed by atoms with van der Waals surface area (Å²) in [6.07, 6.45) is 0. The number of furan rings is 1. The van der Waals surface area contributed by atoms with Crippen LogP contribution in [0.25, 0.3) is 11.0 Å². The zero-order valence-electron chi connectivity index (χ0n) is 13.6. The minimum absolute atomic E-state index is 0.0312. The molecule has 8 heteroatoms. The molecular weight excluding hydrogens is 346 g/mol. The van der Waals surface area contributed by atoms with E-state index in [0.29, 0.717) is 28.8 Å². The maximum Gasteiger partial charge on any atom is 0.374 e. The van der Waals surface area contributed by atoms with Crippen LogP contribution < -0.4 is 0 Å². The fourth-order valence-electron chi connectivity index (χ4n) is 2.53. The monoisotopic (exact) mass is 363 g/mol. The first-order chi connectivity index (χ1) is 12.1. The molecule has 0 bridgehead atoms. The molecule has 1 amide bonds. The SMILES string of the molecule is CCOC(=O)c1oc2ccccc2c1COC(=O)CN1CCSC1=O. The van der Waals surface area contributed by atoms with E-state index in [1.165, 1.54) is 16.7 Å². The molecule has 0 aliphatic carbocycles. The summed E-state index contributed by atoms with van der Waals surface area (Å²) in [5, 5.41) is 0.559. The lowest BCUT2D eigenvalue weighted by Gasteiger charge is -2.13. The van der Waals surface area contributed by atoms with Gasteiger partial charge in [-0.25, -0.2) is 4.79 Å². The summed E-state index contributed by atoms with van der Waals surface area (Å²) in [7, 11) is 0. The molecule has 1 aromatic carbocycles. The van der Waals surface area contributed by atoms with Gasteiger partial charge in [0.1, 0.15) is 18.7 Å². The van der Waals surface area contributed by atoms with Crippen LogP contribution >= 0.6 is 11.8 Å². The fourth-order valence-corrected chi connectivity index (χ4v) is 3.35. The lowest BCUT2D eigenvalue weighted by molar-refractivity contribution is -0.145. The molecule has 132 valence electrons. The van der Waals surface area contributed by atoms with Gasteiger partial charge < -0.3 is 18.8 Å². The Hall–Kier alpha value is -2.48. The summed E-state index contributed by atoms with van der Waals surface area (Å²) in [5.41, 5.74) is 0.979. The van der Waals surface area contributed by atoms with Gasteiger partial charge in [-0.05, 0) is 13.0 Å². The molecule has 0 saturated carbocycles. The molecule has 0 spiro atoms. The summed E-state index contributed by atoms with van der Waals surface area (Å²) >= 11 is 1.18. The summed E-state index contributed by atoms with van der Waals surface area (Å²) in [4.78, 5) is 37.1. The second-order valence-corrected chi connectivity index (χ2v) is 6.37. The number of benzene rings is 1. The highest BCUT2D eigenvalue weighted by molar-refractivity contribution is 8.13. The van der Waals surface area contributed by atoms with Crippen molar-refractivity contribution in [3.05, 3.63) is 35.6 Å². The maximum atomic E-state index is 12.1. The van der Waals surface area contributed by atoms with Gasteiger partial charge in [0.05, 0.1) is 12.2 Å². The Morgan fingerprint density at radius 1 is 1.28 bits per heavy atom. The Kier molecular flexibility index (Phi) is 5.28. The van der Waals surface area contributed by atoms with Crippen molar-refractivity contribution in [3.8, 4) is 0 Å². The zero-order valence-corrected chi connectivity index (χ0v) is 14.5. The van der Waals surface area contributed by atoms with E-state index in [-0.39, 0.29) is 30.8 Å². The van der Waals surface area contributed by atoms with Gasteiger partial charge in [0, 0.05) is 17.7 Å². The van der Waals surface area contributed by atoms with Gasteiger partial charge in [0.2, 0.25) is 5.76 Å². The average Bonchev–Trinajstić information content (AvgIpc) is 3.17. The highest BCUT2D eigenvalue weighted by atomic mass is 32.2. The Bertz CT molecular complexity index is 815. The summed E-state index contributed by atoms with van der Waals surface area (Å²) in [5.74, 6) is -0.429. The van der Waals surface area contributed by atoms with Crippen molar-refractivity contribution < 1.29 is 28.3 Å². The van der Waals surface area contributed by atoms with Gasteiger partial charge in [-0.2, -0.15) is 0 Å². The Balaban J connectivity index is 1.75. The summed E-state index contributed by atoms with van der Waals surface area (Å²) in [6.45, 7) is 2.21. The highest BCUT2D eigenvalue weighted by Crippen LogP contribution is 2.27. The predicted octanol–water partition coefficient (Wildman–Crippen LogP) is 2.82. The van der Waals surface area contributed by atoms with E-state index in [9.17, 15) is 14.4 Å². The number of ether oxygens (including phenoxy) is 2. The van der Waals surface area contributed by atoms with Crippen LogP contribution in [0.15, 0.2) is 28.7 Å². The number of hydrogen-bond donors (Lipinski definition) is 0. The standard InChI is InChI=1S/C17H17NO6S/c1-2-22-16(20)15-12(11-5-3-4-6-13(11)24-15)10-23-14(19)9-18-7-8-25-17(18)21/h3-6H,2,7-10H2,1H3. The third kappa shape index (κ3) is 3.79. The number of rotatable bonds is 6. The average molecular weight is 363 g/mol. The van der Waals surface area contributed by atoms with Crippen LogP contribution in [0.2, 0.25) is 0 Å². The van der Waals surface area contributed by atoms with Crippen molar-refractivity contribution in [1.82, 2.24) is 4.90 Å². The third-order valence-electron chi connectivity index (χ3n) is 3.70. The van der Waals surface area contributed by atoms with E-state index < -0.39 is 11.9 Å². The number of para-hydroxylation sites is 1. The highest BCUT2D eigenvalue weighted by Gasteiger charge is 2.26. The van der Waals surface area contributed by atoms with Crippen LogP contribution in [0.4, 0.5) is 4.79 Å². The van der Waals surface area contributed by atoms with Crippen LogP contribution in [-0.4, -0.2) is 47.5 Å². The van der Waals surface area contributed by atoms with E-state index in [1.807, 2.05) is 0 Å². The third-order valence-corrected chi connectivity index (χ3v) is 4.59. The number of carbonyl (C=O) groups excluding carboxylic acids is 3. The Morgan fingerprint density at radius 3 is 2.80 bits per heavy atom. The van der Waals surface area contributed by atoms with E-state index in [1.54, 1.807) is 31.2 Å². The lowest BCUT2D eigenvalue weighted by Crippen LogP contribution is -2.30. The fraction of sp³-hybridized carbons (Fsp3) is 0.353. The van der Waals surface area contributed by atoms with E-state index in [2.05, 4.69) is 0 Å². The quantitative estimate of drug-likeness (QED) is 0.729. The second-order valence-electron chi connectivity index (χ2n) is 5.32. The van der Waals surface area contributed by atoms with Crippen molar-refractivity contribution in [2.24, 2.45) is 0 Å². The zero-order chi connectivity index (χ0) is 17.8. The number of fused-ring (bicyclic) bond motifs is 1. The van der Waals surface area contributed by atoms with Crippen molar-refractivity contribution in [1.29, 1.82) is 0 Å². The van der Waals surface area contributed by atoms with Gasteiger partial charge in [-0.1, -0.05) is 30.0 Å².